The number of aryl methyl sites for hydroxylation is 2. The number of anilines is 1. The van der Waals surface area contributed by atoms with E-state index in [9.17, 15) is 4.39 Å². The molecule has 0 aliphatic carbocycles. The Morgan fingerprint density at radius 1 is 1.09 bits per heavy atom. The van der Waals surface area contributed by atoms with E-state index in [1.54, 1.807) is 12.1 Å². The number of rotatable bonds is 8. The molecule has 1 aromatic carbocycles. The second-order valence-electron chi connectivity index (χ2n) is 8.52. The fourth-order valence-electron chi connectivity index (χ4n) is 4.20. The molecule has 3 heterocycles. The maximum absolute atomic E-state index is 13.9. The van der Waals surface area contributed by atoms with Crippen molar-refractivity contribution < 1.29 is 4.39 Å². The van der Waals surface area contributed by atoms with E-state index >= 15 is 0 Å². The third-order valence-electron chi connectivity index (χ3n) is 5.99. The van der Waals surface area contributed by atoms with Gasteiger partial charge in [0.25, 0.3) is 0 Å². The first-order valence-electron chi connectivity index (χ1n) is 11.4. The van der Waals surface area contributed by atoms with Crippen LogP contribution < -0.4 is 5.32 Å². The van der Waals surface area contributed by atoms with E-state index in [4.69, 9.17) is 0 Å². The number of nitrogens with zero attached hydrogens (tertiary/aromatic N) is 5. The number of nitrogens with one attached hydrogen (secondary N) is 1. The van der Waals surface area contributed by atoms with Crippen LogP contribution in [0, 0.1) is 18.7 Å². The van der Waals surface area contributed by atoms with Crippen molar-refractivity contribution in [3.8, 4) is 0 Å². The molecule has 32 heavy (non-hydrogen) atoms. The van der Waals surface area contributed by atoms with Crippen LogP contribution in [0.3, 0.4) is 0 Å². The van der Waals surface area contributed by atoms with Crippen molar-refractivity contribution in [1.82, 2.24) is 24.8 Å². The van der Waals surface area contributed by atoms with Gasteiger partial charge >= 0.3 is 0 Å². The average Bonchev–Trinajstić information content (AvgIpc) is 2.80. The van der Waals surface area contributed by atoms with E-state index in [0.29, 0.717) is 18.0 Å². The van der Waals surface area contributed by atoms with E-state index in [0.717, 1.165) is 68.5 Å². The van der Waals surface area contributed by atoms with Gasteiger partial charge in [-0.2, -0.15) is 0 Å². The van der Waals surface area contributed by atoms with Crippen molar-refractivity contribution in [2.45, 2.75) is 52.6 Å². The summed E-state index contributed by atoms with van der Waals surface area (Å²) < 4.78 is 13.9. The number of benzene rings is 1. The van der Waals surface area contributed by atoms with Gasteiger partial charge in [-0.05, 0) is 51.3 Å². The Labute approximate surface area is 189 Å². The Kier molecular flexibility index (Phi) is 7.37. The fraction of sp³-hybridized carbons (Fsp3) is 0.440. The molecule has 168 valence electrons. The van der Waals surface area contributed by atoms with Gasteiger partial charge in [0.2, 0.25) is 0 Å². The Balaban J connectivity index is 1.29. The van der Waals surface area contributed by atoms with Crippen LogP contribution in [-0.2, 0) is 25.9 Å². The van der Waals surface area contributed by atoms with Crippen molar-refractivity contribution in [1.29, 1.82) is 0 Å². The lowest BCUT2D eigenvalue weighted by atomic mass is 9.92. The molecule has 0 amide bonds. The van der Waals surface area contributed by atoms with Crippen molar-refractivity contribution in [3.05, 3.63) is 77.0 Å². The summed E-state index contributed by atoms with van der Waals surface area (Å²) in [7, 11) is 0. The molecule has 3 aromatic rings. The van der Waals surface area contributed by atoms with Gasteiger partial charge in [-0.1, -0.05) is 25.1 Å². The SMILES string of the molecule is CCc1ncc(CN2CCC(Cc3cc(NCc4ccccc4F)nc(C)n3)CC2)cn1. The summed E-state index contributed by atoms with van der Waals surface area (Å²) in [4.78, 5) is 20.4. The Morgan fingerprint density at radius 3 is 2.56 bits per heavy atom. The average molecular weight is 435 g/mol. The molecule has 0 saturated carbocycles. The van der Waals surface area contributed by atoms with Gasteiger partial charge in [0.05, 0.1) is 0 Å². The van der Waals surface area contributed by atoms with Gasteiger partial charge in [0, 0.05) is 54.8 Å². The quantitative estimate of drug-likeness (QED) is 0.569. The van der Waals surface area contributed by atoms with E-state index in [1.807, 2.05) is 31.5 Å². The summed E-state index contributed by atoms with van der Waals surface area (Å²) in [6, 6.07) is 8.82. The van der Waals surface area contributed by atoms with Gasteiger partial charge in [-0.15, -0.1) is 0 Å². The highest BCUT2D eigenvalue weighted by Gasteiger charge is 2.20. The van der Waals surface area contributed by atoms with Crippen LogP contribution >= 0.6 is 0 Å². The molecule has 0 spiro atoms. The summed E-state index contributed by atoms with van der Waals surface area (Å²) in [5, 5.41) is 3.25. The Morgan fingerprint density at radius 2 is 1.84 bits per heavy atom. The lowest BCUT2D eigenvalue weighted by Gasteiger charge is -2.31. The molecule has 4 rings (SSSR count). The summed E-state index contributed by atoms with van der Waals surface area (Å²) in [5.41, 5.74) is 2.86. The lowest BCUT2D eigenvalue weighted by Crippen LogP contribution is -2.34. The third kappa shape index (κ3) is 6.07. The standard InChI is InChI=1S/C25H31FN6/c1-3-24-27-14-20(15-28-24)17-32-10-8-19(9-11-32)12-22-13-25(31-18(2)30-22)29-16-21-6-4-5-7-23(21)26/h4-7,13-15,19H,3,8-12,16-17H2,1-2H3,(H,29,30,31). The largest absolute Gasteiger partial charge is 0.366 e. The lowest BCUT2D eigenvalue weighted by molar-refractivity contribution is 0.176. The first-order chi connectivity index (χ1) is 15.6. The maximum Gasteiger partial charge on any atom is 0.130 e. The van der Waals surface area contributed by atoms with Crippen molar-refractivity contribution in [3.63, 3.8) is 0 Å². The number of halogens is 1. The van der Waals surface area contributed by atoms with Crippen LogP contribution in [0.5, 0.6) is 0 Å². The molecular weight excluding hydrogens is 403 g/mol. The first-order valence-corrected chi connectivity index (χ1v) is 11.4. The van der Waals surface area contributed by atoms with Crippen LogP contribution in [0.1, 0.15) is 48.2 Å². The number of likely N-dealkylation sites (tertiary alicyclic amines) is 1. The van der Waals surface area contributed by atoms with E-state index < -0.39 is 0 Å². The van der Waals surface area contributed by atoms with Gasteiger partial charge in [0.15, 0.2) is 0 Å². The van der Waals surface area contributed by atoms with Gasteiger partial charge in [-0.25, -0.2) is 24.3 Å². The molecule has 0 atom stereocenters. The smallest absolute Gasteiger partial charge is 0.130 e. The minimum Gasteiger partial charge on any atom is -0.366 e. The van der Waals surface area contributed by atoms with Crippen molar-refractivity contribution in [2.24, 2.45) is 5.92 Å². The molecule has 0 unspecified atom stereocenters. The molecule has 1 aliphatic rings. The number of hydrogen-bond donors (Lipinski definition) is 1. The molecule has 6 nitrogen and oxygen atoms in total. The molecule has 1 N–H and O–H groups in total. The summed E-state index contributed by atoms with van der Waals surface area (Å²) in [6.45, 7) is 7.44. The highest BCUT2D eigenvalue weighted by Crippen LogP contribution is 2.23. The van der Waals surface area contributed by atoms with Crippen LogP contribution in [0.4, 0.5) is 10.2 Å². The third-order valence-corrected chi connectivity index (χ3v) is 5.99. The van der Waals surface area contributed by atoms with Crippen LogP contribution in [0.25, 0.3) is 0 Å². The highest BCUT2D eigenvalue weighted by atomic mass is 19.1. The van der Waals surface area contributed by atoms with E-state index in [2.05, 4.69) is 37.1 Å². The van der Waals surface area contributed by atoms with Crippen LogP contribution in [0.15, 0.2) is 42.7 Å². The molecule has 1 aliphatic heterocycles. The Hall–Kier alpha value is -2.93. The zero-order valence-electron chi connectivity index (χ0n) is 18.9. The predicted molar refractivity (Wildman–Crippen MR) is 124 cm³/mol. The molecule has 0 radical (unpaired) electrons. The van der Waals surface area contributed by atoms with Crippen LogP contribution in [0.2, 0.25) is 0 Å². The highest BCUT2D eigenvalue weighted by molar-refractivity contribution is 5.37. The topological polar surface area (TPSA) is 66.8 Å². The van der Waals surface area contributed by atoms with Crippen LogP contribution in [-0.4, -0.2) is 37.9 Å². The van der Waals surface area contributed by atoms with Gasteiger partial charge in [-0.3, -0.25) is 4.90 Å². The predicted octanol–water partition coefficient (Wildman–Crippen LogP) is 4.34. The van der Waals surface area contributed by atoms with Crippen molar-refractivity contribution >= 4 is 5.82 Å². The van der Waals surface area contributed by atoms with Gasteiger partial charge in [0.1, 0.15) is 23.3 Å². The van der Waals surface area contributed by atoms with E-state index in [1.165, 1.54) is 11.6 Å². The molecule has 7 heteroatoms. The number of aromatic nitrogens is 4. The zero-order valence-corrected chi connectivity index (χ0v) is 18.9. The molecule has 0 bridgehead atoms. The summed E-state index contributed by atoms with van der Waals surface area (Å²) in [5.74, 6) is 2.80. The molecule has 2 aromatic heterocycles. The summed E-state index contributed by atoms with van der Waals surface area (Å²) >= 11 is 0. The second kappa shape index (κ2) is 10.6. The Bertz CT molecular complexity index is 1020. The second-order valence-corrected chi connectivity index (χ2v) is 8.52. The minimum atomic E-state index is -0.203. The van der Waals surface area contributed by atoms with E-state index in [-0.39, 0.29) is 5.82 Å². The zero-order chi connectivity index (χ0) is 22.3. The fourth-order valence-corrected chi connectivity index (χ4v) is 4.20. The minimum absolute atomic E-state index is 0.203. The molecular formula is C25H31FN6. The molecule has 1 saturated heterocycles. The van der Waals surface area contributed by atoms with Gasteiger partial charge < -0.3 is 5.32 Å². The summed E-state index contributed by atoms with van der Waals surface area (Å²) in [6.07, 6.45) is 8.02. The first kappa shape index (κ1) is 22.3. The number of piperidine rings is 1. The van der Waals surface area contributed by atoms with Crippen molar-refractivity contribution in [2.75, 3.05) is 18.4 Å². The number of hydrogen-bond acceptors (Lipinski definition) is 6. The molecule has 1 fully saturated rings. The monoisotopic (exact) mass is 434 g/mol. The normalized spacial score (nSPS) is 15.1. The maximum atomic E-state index is 13.9.